The van der Waals surface area contributed by atoms with Gasteiger partial charge in [0, 0.05) is 5.33 Å². The quantitative estimate of drug-likeness (QED) is 0.735. The molecule has 88 valence electrons. The maximum Gasteiger partial charge on any atom is 0.137 e. The Morgan fingerprint density at radius 3 is 2.76 bits per heavy atom. The van der Waals surface area contributed by atoms with Crippen molar-refractivity contribution in [2.45, 2.75) is 6.92 Å². The molecule has 0 bridgehead atoms. The summed E-state index contributed by atoms with van der Waals surface area (Å²) in [6.45, 7) is 2.00. The summed E-state index contributed by atoms with van der Waals surface area (Å²) in [5.74, 6) is 1.02. The van der Waals surface area contributed by atoms with Gasteiger partial charge in [0.15, 0.2) is 0 Å². The van der Waals surface area contributed by atoms with E-state index in [-0.39, 0.29) is 5.82 Å². The van der Waals surface area contributed by atoms with Gasteiger partial charge in [0.1, 0.15) is 17.3 Å². The van der Waals surface area contributed by atoms with Crippen molar-refractivity contribution in [3.8, 4) is 11.3 Å². The van der Waals surface area contributed by atoms with Crippen LogP contribution in [0, 0.1) is 5.82 Å². The molecule has 0 aliphatic rings. The minimum Gasteiger partial charge on any atom is -0.457 e. The summed E-state index contributed by atoms with van der Waals surface area (Å²) in [6, 6.07) is 10.2. The molecule has 17 heavy (non-hydrogen) atoms. The molecule has 0 N–H and O–H groups in total. The fraction of sp³-hybridized carbons (Fsp3) is 0.143. The number of hydrogen-bond acceptors (Lipinski definition) is 1. The van der Waals surface area contributed by atoms with Crippen LogP contribution in [0.2, 0.25) is 0 Å². The predicted octanol–water partition coefficient (Wildman–Crippen LogP) is 4.88. The zero-order valence-electron chi connectivity index (χ0n) is 9.41. The summed E-state index contributed by atoms with van der Waals surface area (Å²) in [5.41, 5.74) is 1.64. The van der Waals surface area contributed by atoms with Crippen molar-refractivity contribution < 1.29 is 8.81 Å². The SMILES string of the molecule is CC(=Cc1ccc(-c2ccccc2F)o1)CBr. The maximum atomic E-state index is 13.5. The molecular formula is C14H12BrFO. The van der Waals surface area contributed by atoms with E-state index >= 15 is 0 Å². The molecule has 0 aliphatic heterocycles. The molecule has 0 spiro atoms. The van der Waals surface area contributed by atoms with Crippen LogP contribution >= 0.6 is 15.9 Å². The minimum absolute atomic E-state index is 0.269. The molecule has 2 aromatic rings. The summed E-state index contributed by atoms with van der Waals surface area (Å²) in [6.07, 6.45) is 1.93. The van der Waals surface area contributed by atoms with Crippen molar-refractivity contribution in [2.75, 3.05) is 5.33 Å². The summed E-state index contributed by atoms with van der Waals surface area (Å²) < 4.78 is 19.1. The second-order valence-electron chi connectivity index (χ2n) is 3.81. The number of hydrogen-bond donors (Lipinski definition) is 0. The van der Waals surface area contributed by atoms with E-state index in [0.29, 0.717) is 11.3 Å². The minimum atomic E-state index is -0.269. The number of furan rings is 1. The Kier molecular flexibility index (Phi) is 3.79. The number of halogens is 2. The molecule has 0 saturated heterocycles. The topological polar surface area (TPSA) is 13.1 Å². The second kappa shape index (κ2) is 5.32. The summed E-state index contributed by atoms with van der Waals surface area (Å²) in [4.78, 5) is 0. The lowest BCUT2D eigenvalue weighted by Crippen LogP contribution is -1.80. The van der Waals surface area contributed by atoms with Crippen molar-refractivity contribution in [3.05, 3.63) is 53.5 Å². The van der Waals surface area contributed by atoms with Crippen molar-refractivity contribution in [2.24, 2.45) is 0 Å². The fourth-order valence-electron chi connectivity index (χ4n) is 1.52. The number of allylic oxidation sites excluding steroid dienone is 1. The highest BCUT2D eigenvalue weighted by Crippen LogP contribution is 2.25. The molecule has 0 radical (unpaired) electrons. The van der Waals surface area contributed by atoms with Gasteiger partial charge in [0.2, 0.25) is 0 Å². The van der Waals surface area contributed by atoms with E-state index < -0.39 is 0 Å². The van der Waals surface area contributed by atoms with E-state index in [1.165, 1.54) is 6.07 Å². The molecule has 0 aliphatic carbocycles. The van der Waals surface area contributed by atoms with E-state index in [0.717, 1.165) is 16.7 Å². The average Bonchev–Trinajstić information content (AvgIpc) is 2.78. The lowest BCUT2D eigenvalue weighted by molar-refractivity contribution is 0.560. The van der Waals surface area contributed by atoms with Gasteiger partial charge in [-0.15, -0.1) is 0 Å². The molecular weight excluding hydrogens is 283 g/mol. The second-order valence-corrected chi connectivity index (χ2v) is 4.37. The first-order valence-corrected chi connectivity index (χ1v) is 6.40. The third kappa shape index (κ3) is 2.86. The number of alkyl halides is 1. The Bertz CT molecular complexity index is 543. The Labute approximate surface area is 108 Å². The van der Waals surface area contributed by atoms with Crippen molar-refractivity contribution in [3.63, 3.8) is 0 Å². The van der Waals surface area contributed by atoms with Gasteiger partial charge < -0.3 is 4.42 Å². The van der Waals surface area contributed by atoms with Crippen LogP contribution in [0.15, 0.2) is 46.4 Å². The highest BCUT2D eigenvalue weighted by molar-refractivity contribution is 9.09. The summed E-state index contributed by atoms with van der Waals surface area (Å²) in [7, 11) is 0. The van der Waals surface area contributed by atoms with Crippen molar-refractivity contribution in [1.82, 2.24) is 0 Å². The molecule has 1 nitrogen and oxygen atoms in total. The van der Waals surface area contributed by atoms with Crippen molar-refractivity contribution in [1.29, 1.82) is 0 Å². The lowest BCUT2D eigenvalue weighted by atomic mass is 10.1. The van der Waals surface area contributed by atoms with Crippen LogP contribution in [-0.4, -0.2) is 5.33 Å². The third-order valence-corrected chi connectivity index (χ3v) is 3.25. The van der Waals surface area contributed by atoms with Gasteiger partial charge in [0.05, 0.1) is 5.56 Å². The first-order valence-electron chi connectivity index (χ1n) is 5.28. The van der Waals surface area contributed by atoms with Gasteiger partial charge >= 0.3 is 0 Å². The van der Waals surface area contributed by atoms with Crippen molar-refractivity contribution >= 4 is 22.0 Å². The molecule has 1 aromatic carbocycles. The smallest absolute Gasteiger partial charge is 0.137 e. The maximum absolute atomic E-state index is 13.5. The molecule has 1 heterocycles. The number of benzene rings is 1. The molecule has 3 heteroatoms. The molecule has 0 saturated carbocycles. The van der Waals surface area contributed by atoms with Gasteiger partial charge in [-0.25, -0.2) is 4.39 Å². The van der Waals surface area contributed by atoms with Crippen LogP contribution in [0.5, 0.6) is 0 Å². The van der Waals surface area contributed by atoms with E-state index in [1.807, 2.05) is 19.1 Å². The standard InChI is InChI=1S/C14H12BrFO/c1-10(9-15)8-11-6-7-14(17-11)12-4-2-3-5-13(12)16/h2-8H,9H2,1H3. The van der Waals surface area contributed by atoms with E-state index in [9.17, 15) is 4.39 Å². The Hall–Kier alpha value is -1.35. The number of rotatable bonds is 3. The molecule has 2 rings (SSSR count). The zero-order chi connectivity index (χ0) is 12.3. The normalized spacial score (nSPS) is 11.8. The van der Waals surface area contributed by atoms with Gasteiger partial charge in [-0.05, 0) is 37.3 Å². The van der Waals surface area contributed by atoms with Gasteiger partial charge in [-0.3, -0.25) is 0 Å². The fourth-order valence-corrected chi connectivity index (χ4v) is 1.68. The van der Waals surface area contributed by atoms with Crippen LogP contribution in [0.25, 0.3) is 17.4 Å². The van der Waals surface area contributed by atoms with E-state index in [2.05, 4.69) is 15.9 Å². The third-order valence-electron chi connectivity index (χ3n) is 2.37. The first-order chi connectivity index (χ1) is 8.20. The van der Waals surface area contributed by atoms with E-state index in [4.69, 9.17) is 4.42 Å². The van der Waals surface area contributed by atoms with Gasteiger partial charge in [-0.1, -0.05) is 33.6 Å². The highest BCUT2D eigenvalue weighted by Gasteiger charge is 2.07. The van der Waals surface area contributed by atoms with Crippen LogP contribution in [0.4, 0.5) is 4.39 Å². The Morgan fingerprint density at radius 1 is 1.29 bits per heavy atom. The van der Waals surface area contributed by atoms with E-state index in [1.54, 1.807) is 24.3 Å². The Balaban J connectivity index is 2.34. The highest BCUT2D eigenvalue weighted by atomic mass is 79.9. The van der Waals surface area contributed by atoms with Gasteiger partial charge in [0.25, 0.3) is 0 Å². The molecule has 0 amide bonds. The average molecular weight is 295 g/mol. The van der Waals surface area contributed by atoms with Crippen LogP contribution in [0.3, 0.4) is 0 Å². The monoisotopic (exact) mass is 294 g/mol. The summed E-state index contributed by atoms with van der Waals surface area (Å²) >= 11 is 3.37. The molecule has 0 unspecified atom stereocenters. The molecule has 0 fully saturated rings. The largest absolute Gasteiger partial charge is 0.457 e. The zero-order valence-corrected chi connectivity index (χ0v) is 11.0. The predicted molar refractivity (Wildman–Crippen MR) is 71.5 cm³/mol. The molecule has 1 aromatic heterocycles. The van der Waals surface area contributed by atoms with Crippen LogP contribution in [0.1, 0.15) is 12.7 Å². The Morgan fingerprint density at radius 2 is 2.06 bits per heavy atom. The lowest BCUT2D eigenvalue weighted by Gasteiger charge is -1.98. The van der Waals surface area contributed by atoms with Crippen LogP contribution < -0.4 is 0 Å². The van der Waals surface area contributed by atoms with Crippen LogP contribution in [-0.2, 0) is 0 Å². The summed E-state index contributed by atoms with van der Waals surface area (Å²) in [5, 5.41) is 0.794. The van der Waals surface area contributed by atoms with Gasteiger partial charge in [-0.2, -0.15) is 0 Å². The molecule has 0 atom stereocenters. The first kappa shape index (κ1) is 12.1.